The molecular formula is C17H16BrFN2O5. The van der Waals surface area contributed by atoms with Crippen molar-refractivity contribution in [2.45, 2.75) is 6.42 Å². The topological polar surface area (TPSA) is 90.7 Å². The van der Waals surface area contributed by atoms with E-state index in [4.69, 9.17) is 9.47 Å². The van der Waals surface area contributed by atoms with Gasteiger partial charge in [0.2, 0.25) is 0 Å². The van der Waals surface area contributed by atoms with Gasteiger partial charge in [-0.3, -0.25) is 14.9 Å². The van der Waals surface area contributed by atoms with Crippen molar-refractivity contribution in [3.05, 3.63) is 61.9 Å². The lowest BCUT2D eigenvalue weighted by Crippen LogP contribution is -2.26. The number of ether oxygens (including phenoxy) is 2. The van der Waals surface area contributed by atoms with Gasteiger partial charge >= 0.3 is 0 Å². The van der Waals surface area contributed by atoms with Gasteiger partial charge in [0.05, 0.1) is 30.8 Å². The molecule has 1 amide bonds. The Hall–Kier alpha value is -2.68. The van der Waals surface area contributed by atoms with Gasteiger partial charge in [-0.15, -0.1) is 0 Å². The number of nitrogens with one attached hydrogen (secondary N) is 1. The van der Waals surface area contributed by atoms with Gasteiger partial charge in [0, 0.05) is 16.6 Å². The molecule has 0 aliphatic carbocycles. The molecule has 26 heavy (non-hydrogen) atoms. The highest BCUT2D eigenvalue weighted by Gasteiger charge is 2.19. The number of benzene rings is 2. The molecule has 0 saturated heterocycles. The number of methoxy groups -OCH3 is 2. The number of hydrogen-bond donors (Lipinski definition) is 1. The number of carbonyl (C=O) groups is 1. The van der Waals surface area contributed by atoms with Gasteiger partial charge in [0.1, 0.15) is 5.82 Å². The van der Waals surface area contributed by atoms with Crippen LogP contribution in [0.2, 0.25) is 0 Å². The van der Waals surface area contributed by atoms with Crippen molar-refractivity contribution in [1.29, 1.82) is 0 Å². The van der Waals surface area contributed by atoms with Gasteiger partial charge in [-0.05, 0) is 46.6 Å². The fraction of sp³-hybridized carbons (Fsp3) is 0.235. The number of carbonyl (C=O) groups excluding carboxylic acids is 1. The first kappa shape index (κ1) is 19.6. The van der Waals surface area contributed by atoms with E-state index in [1.807, 2.05) is 0 Å². The predicted octanol–water partition coefficient (Wildman–Crippen LogP) is 3.49. The molecule has 1 N–H and O–H groups in total. The van der Waals surface area contributed by atoms with E-state index in [1.54, 1.807) is 0 Å². The number of hydrogen-bond acceptors (Lipinski definition) is 5. The summed E-state index contributed by atoms with van der Waals surface area (Å²) in [6.07, 6.45) is 0.210. The number of nitro benzene ring substituents is 1. The van der Waals surface area contributed by atoms with E-state index in [0.717, 1.165) is 0 Å². The number of nitro groups is 1. The molecule has 0 aliphatic rings. The van der Waals surface area contributed by atoms with Crippen molar-refractivity contribution in [2.75, 3.05) is 20.8 Å². The Morgan fingerprint density at radius 3 is 2.46 bits per heavy atom. The van der Waals surface area contributed by atoms with Crippen LogP contribution in [0.1, 0.15) is 15.9 Å². The summed E-state index contributed by atoms with van der Waals surface area (Å²) in [6.45, 7) is 0.152. The molecule has 7 nitrogen and oxygen atoms in total. The molecule has 0 spiro atoms. The summed E-state index contributed by atoms with van der Waals surface area (Å²) >= 11 is 3.13. The van der Waals surface area contributed by atoms with Crippen molar-refractivity contribution < 1.29 is 23.6 Å². The lowest BCUT2D eigenvalue weighted by molar-refractivity contribution is -0.385. The summed E-state index contributed by atoms with van der Waals surface area (Å²) in [5.41, 5.74) is 0.541. The molecular weight excluding hydrogens is 411 g/mol. The number of halogens is 2. The van der Waals surface area contributed by atoms with Crippen molar-refractivity contribution >= 4 is 27.5 Å². The fourth-order valence-corrected chi connectivity index (χ4v) is 2.89. The quantitative estimate of drug-likeness (QED) is 0.540. The van der Waals surface area contributed by atoms with E-state index in [-0.39, 0.29) is 30.0 Å². The zero-order valence-electron chi connectivity index (χ0n) is 14.0. The zero-order valence-corrected chi connectivity index (χ0v) is 15.6. The number of amides is 1. The van der Waals surface area contributed by atoms with Gasteiger partial charge in [-0.2, -0.15) is 0 Å². The zero-order chi connectivity index (χ0) is 19.3. The minimum Gasteiger partial charge on any atom is -0.493 e. The Balaban J connectivity index is 2.13. The molecule has 0 atom stereocenters. The highest BCUT2D eigenvalue weighted by atomic mass is 79.9. The summed E-state index contributed by atoms with van der Waals surface area (Å²) in [5, 5.41) is 13.9. The number of nitrogens with zero attached hydrogens (tertiary/aromatic N) is 1. The largest absolute Gasteiger partial charge is 0.493 e. The summed E-state index contributed by atoms with van der Waals surface area (Å²) in [7, 11) is 2.82. The minimum atomic E-state index is -0.518. The van der Waals surface area contributed by atoms with E-state index in [1.165, 1.54) is 44.6 Å². The predicted molar refractivity (Wildman–Crippen MR) is 96.3 cm³/mol. The van der Waals surface area contributed by atoms with Crippen LogP contribution in [-0.4, -0.2) is 31.6 Å². The van der Waals surface area contributed by atoms with Gasteiger partial charge < -0.3 is 14.8 Å². The highest BCUT2D eigenvalue weighted by Crippen LogP contribution is 2.34. The van der Waals surface area contributed by atoms with E-state index >= 15 is 0 Å². The second-order valence-corrected chi connectivity index (χ2v) is 6.08. The molecule has 0 unspecified atom stereocenters. The minimum absolute atomic E-state index is 0.125. The van der Waals surface area contributed by atoms with Crippen LogP contribution < -0.4 is 14.8 Å². The smallest absolute Gasteiger partial charge is 0.276 e. The molecule has 0 heterocycles. The van der Waals surface area contributed by atoms with Gasteiger partial charge in [-0.1, -0.05) is 0 Å². The Kier molecular flexibility index (Phi) is 6.51. The molecule has 9 heteroatoms. The van der Waals surface area contributed by atoms with Crippen molar-refractivity contribution in [3.8, 4) is 11.5 Å². The third kappa shape index (κ3) is 4.48. The molecule has 0 aromatic heterocycles. The lowest BCUT2D eigenvalue weighted by atomic mass is 10.1. The molecule has 0 fully saturated rings. The van der Waals surface area contributed by atoms with E-state index in [0.29, 0.717) is 15.8 Å². The maximum atomic E-state index is 13.1. The standard InChI is InChI=1S/C17H16BrFN2O5/c1-25-15-7-10(14(21(23)24)9-16(15)26-2)5-6-20-17(22)12-4-3-11(19)8-13(12)18/h3-4,7-9H,5-6H2,1-2H3,(H,20,22). The third-order valence-electron chi connectivity index (χ3n) is 3.64. The van der Waals surface area contributed by atoms with Crippen molar-refractivity contribution in [2.24, 2.45) is 0 Å². The monoisotopic (exact) mass is 426 g/mol. The van der Waals surface area contributed by atoms with Crippen LogP contribution in [-0.2, 0) is 6.42 Å². The molecule has 2 rings (SSSR count). The maximum absolute atomic E-state index is 13.1. The molecule has 2 aromatic carbocycles. The van der Waals surface area contributed by atoms with Crippen LogP contribution in [0.5, 0.6) is 11.5 Å². The van der Waals surface area contributed by atoms with Gasteiger partial charge in [0.15, 0.2) is 11.5 Å². The average Bonchev–Trinajstić information content (AvgIpc) is 2.60. The SMILES string of the molecule is COc1cc(CCNC(=O)c2ccc(F)cc2Br)c([N+](=O)[O-])cc1OC. The van der Waals surface area contributed by atoms with Crippen LogP contribution in [0.25, 0.3) is 0 Å². The number of rotatable bonds is 7. The molecule has 0 saturated carbocycles. The first-order valence-corrected chi connectivity index (χ1v) is 8.29. The highest BCUT2D eigenvalue weighted by molar-refractivity contribution is 9.10. The summed E-state index contributed by atoms with van der Waals surface area (Å²) in [6, 6.07) is 6.52. The second-order valence-electron chi connectivity index (χ2n) is 5.22. The third-order valence-corrected chi connectivity index (χ3v) is 4.29. The average molecular weight is 427 g/mol. The first-order chi connectivity index (χ1) is 12.4. The van der Waals surface area contributed by atoms with E-state index < -0.39 is 16.6 Å². The Morgan fingerprint density at radius 1 is 1.23 bits per heavy atom. The molecule has 0 bridgehead atoms. The Bertz CT molecular complexity index is 844. The van der Waals surface area contributed by atoms with Crippen LogP contribution in [0, 0.1) is 15.9 Å². The summed E-state index contributed by atoms with van der Waals surface area (Å²) < 4.78 is 23.6. The maximum Gasteiger partial charge on any atom is 0.276 e. The van der Waals surface area contributed by atoms with Crippen LogP contribution in [0.3, 0.4) is 0 Å². The van der Waals surface area contributed by atoms with Crippen LogP contribution in [0.15, 0.2) is 34.8 Å². The molecule has 2 aromatic rings. The van der Waals surface area contributed by atoms with Crippen LogP contribution >= 0.6 is 15.9 Å². The fourth-order valence-electron chi connectivity index (χ4n) is 2.36. The summed E-state index contributed by atoms with van der Waals surface area (Å²) in [4.78, 5) is 22.9. The van der Waals surface area contributed by atoms with E-state index in [9.17, 15) is 19.3 Å². The van der Waals surface area contributed by atoms with Crippen molar-refractivity contribution in [3.63, 3.8) is 0 Å². The van der Waals surface area contributed by atoms with E-state index in [2.05, 4.69) is 21.2 Å². The summed E-state index contributed by atoms with van der Waals surface area (Å²) in [5.74, 6) is -0.266. The van der Waals surface area contributed by atoms with Gasteiger partial charge in [-0.25, -0.2) is 4.39 Å². The molecule has 0 radical (unpaired) electrons. The van der Waals surface area contributed by atoms with Gasteiger partial charge in [0.25, 0.3) is 11.6 Å². The molecule has 0 aliphatic heterocycles. The lowest BCUT2D eigenvalue weighted by Gasteiger charge is -2.11. The molecule has 138 valence electrons. The normalized spacial score (nSPS) is 10.3. The van der Waals surface area contributed by atoms with Crippen molar-refractivity contribution in [1.82, 2.24) is 5.32 Å². The Morgan fingerprint density at radius 2 is 1.88 bits per heavy atom. The first-order valence-electron chi connectivity index (χ1n) is 7.50. The Labute approximate surface area is 157 Å². The van der Waals surface area contributed by atoms with Crippen LogP contribution in [0.4, 0.5) is 10.1 Å². The second kappa shape index (κ2) is 8.61.